The van der Waals surface area contributed by atoms with Gasteiger partial charge in [-0.15, -0.1) is 0 Å². The van der Waals surface area contributed by atoms with Gasteiger partial charge in [0, 0.05) is 49.8 Å². The van der Waals surface area contributed by atoms with Crippen LogP contribution in [0.3, 0.4) is 0 Å². The molecule has 0 atom stereocenters. The first-order valence-corrected chi connectivity index (χ1v) is 9.12. The van der Waals surface area contributed by atoms with E-state index in [1.165, 1.54) is 12.1 Å². The number of nitrogens with zero attached hydrogens (tertiary/aromatic N) is 4. The van der Waals surface area contributed by atoms with E-state index in [9.17, 15) is 4.39 Å². The van der Waals surface area contributed by atoms with Crippen molar-refractivity contribution in [3.63, 3.8) is 0 Å². The number of pyridine rings is 1. The van der Waals surface area contributed by atoms with E-state index in [4.69, 9.17) is 4.74 Å². The first-order chi connectivity index (χ1) is 13.8. The average molecular weight is 380 g/mol. The summed E-state index contributed by atoms with van der Waals surface area (Å²) >= 11 is 0. The lowest BCUT2D eigenvalue weighted by atomic mass is 10.2. The molecule has 0 amide bonds. The molecule has 1 aromatic carbocycles. The number of anilines is 4. The molecule has 3 aromatic rings. The van der Waals surface area contributed by atoms with Gasteiger partial charge in [-0.3, -0.25) is 4.98 Å². The summed E-state index contributed by atoms with van der Waals surface area (Å²) in [6.45, 7) is 3.60. The standard InChI is InChI=1S/C20H21FN6O/c21-16-3-1-15(2-4-16)13-24-18-11-17(27-7-9-28-10-8-27)12-19(25-18)26-20-14-22-5-6-23-20/h1-6,11-12,14H,7-10,13H2,(H2,23,24,25,26). The topological polar surface area (TPSA) is 75.2 Å². The maximum absolute atomic E-state index is 13.1. The molecule has 0 bridgehead atoms. The van der Waals surface area contributed by atoms with Crippen LogP contribution in [0.5, 0.6) is 0 Å². The van der Waals surface area contributed by atoms with E-state index in [2.05, 4.69) is 30.5 Å². The zero-order chi connectivity index (χ0) is 19.2. The highest BCUT2D eigenvalue weighted by atomic mass is 19.1. The summed E-state index contributed by atoms with van der Waals surface area (Å²) in [5.41, 5.74) is 2.02. The van der Waals surface area contributed by atoms with Crippen molar-refractivity contribution in [1.29, 1.82) is 0 Å². The van der Waals surface area contributed by atoms with Gasteiger partial charge in [-0.2, -0.15) is 0 Å². The van der Waals surface area contributed by atoms with Crippen molar-refractivity contribution in [3.05, 3.63) is 66.4 Å². The van der Waals surface area contributed by atoms with E-state index in [0.717, 1.165) is 30.2 Å². The Morgan fingerprint density at radius 3 is 2.54 bits per heavy atom. The predicted octanol–water partition coefficient (Wildman–Crippen LogP) is 3.20. The van der Waals surface area contributed by atoms with Gasteiger partial charge >= 0.3 is 0 Å². The van der Waals surface area contributed by atoms with Gasteiger partial charge in [0.1, 0.15) is 23.3 Å². The van der Waals surface area contributed by atoms with Gasteiger partial charge in [0.25, 0.3) is 0 Å². The highest BCUT2D eigenvalue weighted by Gasteiger charge is 2.14. The van der Waals surface area contributed by atoms with Crippen molar-refractivity contribution in [2.75, 3.05) is 41.8 Å². The zero-order valence-electron chi connectivity index (χ0n) is 15.3. The second kappa shape index (κ2) is 8.62. The third-order valence-corrected chi connectivity index (χ3v) is 4.39. The molecule has 0 unspecified atom stereocenters. The van der Waals surface area contributed by atoms with Crippen molar-refractivity contribution in [1.82, 2.24) is 15.0 Å². The molecule has 0 radical (unpaired) electrons. The molecule has 1 aliphatic rings. The number of hydrogen-bond donors (Lipinski definition) is 2. The average Bonchev–Trinajstić information content (AvgIpc) is 2.75. The van der Waals surface area contributed by atoms with Crippen LogP contribution in [0, 0.1) is 5.82 Å². The minimum absolute atomic E-state index is 0.244. The molecule has 0 saturated carbocycles. The summed E-state index contributed by atoms with van der Waals surface area (Å²) in [5, 5.41) is 6.52. The van der Waals surface area contributed by atoms with Gasteiger partial charge in [-0.05, 0) is 17.7 Å². The van der Waals surface area contributed by atoms with Crippen molar-refractivity contribution in [3.8, 4) is 0 Å². The summed E-state index contributed by atoms with van der Waals surface area (Å²) in [7, 11) is 0. The number of ether oxygens (including phenoxy) is 1. The van der Waals surface area contributed by atoms with Crippen LogP contribution < -0.4 is 15.5 Å². The van der Waals surface area contributed by atoms with Crippen molar-refractivity contribution >= 4 is 23.1 Å². The molecule has 1 aliphatic heterocycles. The Balaban J connectivity index is 1.56. The summed E-state index contributed by atoms with van der Waals surface area (Å²) < 4.78 is 18.6. The summed E-state index contributed by atoms with van der Waals surface area (Å²) in [6.07, 6.45) is 4.90. The second-order valence-electron chi connectivity index (χ2n) is 6.39. The lowest BCUT2D eigenvalue weighted by molar-refractivity contribution is 0.122. The van der Waals surface area contributed by atoms with E-state index < -0.39 is 0 Å². The predicted molar refractivity (Wildman–Crippen MR) is 106 cm³/mol. The molecular weight excluding hydrogens is 359 g/mol. The molecule has 4 rings (SSSR count). The Bertz CT molecular complexity index is 900. The van der Waals surface area contributed by atoms with Gasteiger partial charge in [-0.1, -0.05) is 12.1 Å². The minimum Gasteiger partial charge on any atom is -0.378 e. The lowest BCUT2D eigenvalue weighted by Gasteiger charge is -2.29. The van der Waals surface area contributed by atoms with E-state index in [-0.39, 0.29) is 5.82 Å². The van der Waals surface area contributed by atoms with Crippen LogP contribution in [0.1, 0.15) is 5.56 Å². The third kappa shape index (κ3) is 4.72. The highest BCUT2D eigenvalue weighted by molar-refractivity contribution is 5.64. The Morgan fingerprint density at radius 2 is 1.79 bits per heavy atom. The summed E-state index contributed by atoms with van der Waals surface area (Å²) in [6, 6.07) is 10.4. The Labute approximate surface area is 162 Å². The monoisotopic (exact) mass is 380 g/mol. The first-order valence-electron chi connectivity index (χ1n) is 9.12. The number of nitrogens with one attached hydrogen (secondary N) is 2. The van der Waals surface area contributed by atoms with Crippen molar-refractivity contribution < 1.29 is 9.13 Å². The van der Waals surface area contributed by atoms with Crippen LogP contribution in [0.25, 0.3) is 0 Å². The molecular formula is C20H21FN6O. The fourth-order valence-corrected chi connectivity index (χ4v) is 2.96. The van der Waals surface area contributed by atoms with Crippen LogP contribution in [-0.2, 0) is 11.3 Å². The number of aromatic nitrogens is 3. The SMILES string of the molecule is Fc1ccc(CNc2cc(N3CCOCC3)cc(Nc3cnccn3)n2)cc1. The molecule has 0 aliphatic carbocycles. The van der Waals surface area contributed by atoms with Gasteiger partial charge in [-0.25, -0.2) is 14.4 Å². The molecule has 3 heterocycles. The van der Waals surface area contributed by atoms with Crippen LogP contribution >= 0.6 is 0 Å². The number of rotatable bonds is 6. The zero-order valence-corrected chi connectivity index (χ0v) is 15.3. The van der Waals surface area contributed by atoms with Crippen molar-refractivity contribution in [2.45, 2.75) is 6.54 Å². The van der Waals surface area contributed by atoms with Gasteiger partial charge in [0.2, 0.25) is 0 Å². The van der Waals surface area contributed by atoms with Gasteiger partial charge < -0.3 is 20.3 Å². The van der Waals surface area contributed by atoms with Gasteiger partial charge in [0.05, 0.1) is 19.4 Å². The Morgan fingerprint density at radius 1 is 1.00 bits per heavy atom. The quantitative estimate of drug-likeness (QED) is 0.680. The number of benzene rings is 1. The summed E-state index contributed by atoms with van der Waals surface area (Å²) in [5.74, 6) is 1.77. The first kappa shape index (κ1) is 18.1. The fraction of sp³-hybridized carbons (Fsp3) is 0.250. The molecule has 0 spiro atoms. The van der Waals surface area contributed by atoms with Crippen LogP contribution in [0.4, 0.5) is 27.5 Å². The molecule has 144 valence electrons. The van der Waals surface area contributed by atoms with Crippen LogP contribution in [0.2, 0.25) is 0 Å². The number of hydrogen-bond acceptors (Lipinski definition) is 7. The maximum atomic E-state index is 13.1. The van der Waals surface area contributed by atoms with E-state index in [0.29, 0.717) is 31.4 Å². The largest absolute Gasteiger partial charge is 0.378 e. The second-order valence-corrected chi connectivity index (χ2v) is 6.39. The molecule has 8 heteroatoms. The number of halogens is 1. The molecule has 1 fully saturated rings. The van der Waals surface area contributed by atoms with Crippen LogP contribution in [-0.4, -0.2) is 41.3 Å². The smallest absolute Gasteiger partial charge is 0.150 e. The Hall–Kier alpha value is -3.26. The third-order valence-electron chi connectivity index (χ3n) is 4.39. The van der Waals surface area contributed by atoms with E-state index >= 15 is 0 Å². The van der Waals surface area contributed by atoms with Gasteiger partial charge in [0.15, 0.2) is 0 Å². The van der Waals surface area contributed by atoms with Crippen molar-refractivity contribution in [2.24, 2.45) is 0 Å². The molecule has 2 aromatic heterocycles. The van der Waals surface area contributed by atoms with Crippen LogP contribution in [0.15, 0.2) is 55.0 Å². The molecule has 1 saturated heterocycles. The number of morpholine rings is 1. The summed E-state index contributed by atoms with van der Waals surface area (Å²) in [4.78, 5) is 15.2. The minimum atomic E-state index is -0.244. The Kier molecular flexibility index (Phi) is 5.58. The maximum Gasteiger partial charge on any atom is 0.150 e. The van der Waals surface area contributed by atoms with E-state index in [1.54, 1.807) is 30.7 Å². The molecule has 2 N–H and O–H groups in total. The molecule has 28 heavy (non-hydrogen) atoms. The fourth-order valence-electron chi connectivity index (χ4n) is 2.96. The normalized spacial score (nSPS) is 14.0. The molecule has 7 nitrogen and oxygen atoms in total. The highest BCUT2D eigenvalue weighted by Crippen LogP contribution is 2.25. The lowest BCUT2D eigenvalue weighted by Crippen LogP contribution is -2.36. The van der Waals surface area contributed by atoms with E-state index in [1.807, 2.05) is 12.1 Å².